The average molecular weight is 391 g/mol. The van der Waals surface area contributed by atoms with Gasteiger partial charge in [-0.1, -0.05) is 48.9 Å². The molecule has 2 aromatic carbocycles. The lowest BCUT2D eigenvalue weighted by atomic mass is 9.94. The summed E-state index contributed by atoms with van der Waals surface area (Å²) in [5.41, 5.74) is 3.48. The number of aliphatic hydroxyl groups is 1. The Balaban J connectivity index is 1.93. The Morgan fingerprint density at radius 2 is 1.63 bits per heavy atom. The van der Waals surface area contributed by atoms with E-state index < -0.39 is 10.1 Å². The molecule has 0 saturated heterocycles. The highest BCUT2D eigenvalue weighted by molar-refractivity contribution is 7.86. The summed E-state index contributed by atoms with van der Waals surface area (Å²) in [5.74, 6) is 0.0724. The first kappa shape index (κ1) is 21.6. The summed E-state index contributed by atoms with van der Waals surface area (Å²) in [6.45, 7) is 5.87. The van der Waals surface area contributed by atoms with E-state index in [0.717, 1.165) is 31.2 Å². The monoisotopic (exact) mass is 390 g/mol. The SMILES string of the molecule is Cc1ccc(S(=O)(=O)OC[C@@H](C)Cc2ccccc2CCC[C@@H](C)O)cc1. The molecular weight excluding hydrogens is 360 g/mol. The van der Waals surface area contributed by atoms with Crippen LogP contribution in [0.5, 0.6) is 0 Å². The maximum absolute atomic E-state index is 12.3. The highest BCUT2D eigenvalue weighted by Gasteiger charge is 2.17. The predicted octanol–water partition coefficient (Wildman–Crippen LogP) is 4.28. The van der Waals surface area contributed by atoms with Crippen LogP contribution in [0, 0.1) is 12.8 Å². The topological polar surface area (TPSA) is 63.6 Å². The molecule has 0 unspecified atom stereocenters. The molecule has 0 fully saturated rings. The molecule has 1 N–H and O–H groups in total. The minimum Gasteiger partial charge on any atom is -0.393 e. The van der Waals surface area contributed by atoms with Gasteiger partial charge in [-0.25, -0.2) is 0 Å². The summed E-state index contributed by atoms with van der Waals surface area (Å²) in [6.07, 6.45) is 3.10. The largest absolute Gasteiger partial charge is 0.393 e. The zero-order valence-electron chi connectivity index (χ0n) is 16.4. The fourth-order valence-electron chi connectivity index (χ4n) is 3.00. The van der Waals surface area contributed by atoms with Crippen molar-refractivity contribution in [3.63, 3.8) is 0 Å². The predicted molar refractivity (Wildman–Crippen MR) is 108 cm³/mol. The van der Waals surface area contributed by atoms with Gasteiger partial charge in [0.15, 0.2) is 0 Å². The lowest BCUT2D eigenvalue weighted by molar-refractivity contribution is 0.181. The number of benzene rings is 2. The number of aliphatic hydroxyl groups excluding tert-OH is 1. The molecule has 0 aliphatic heterocycles. The summed E-state index contributed by atoms with van der Waals surface area (Å²) >= 11 is 0. The Morgan fingerprint density at radius 3 is 2.26 bits per heavy atom. The van der Waals surface area contributed by atoms with Crippen molar-refractivity contribution >= 4 is 10.1 Å². The lowest BCUT2D eigenvalue weighted by Gasteiger charge is -2.15. The highest BCUT2D eigenvalue weighted by Crippen LogP contribution is 2.19. The maximum atomic E-state index is 12.3. The van der Waals surface area contributed by atoms with Gasteiger partial charge in [-0.05, 0) is 68.7 Å². The Morgan fingerprint density at radius 1 is 1.00 bits per heavy atom. The van der Waals surface area contributed by atoms with Crippen molar-refractivity contribution in [2.75, 3.05) is 6.61 Å². The Labute approximate surface area is 163 Å². The van der Waals surface area contributed by atoms with E-state index in [4.69, 9.17) is 4.18 Å². The first-order valence-corrected chi connectivity index (χ1v) is 10.9. The molecular formula is C22H30O4S. The van der Waals surface area contributed by atoms with E-state index in [1.165, 1.54) is 11.1 Å². The summed E-state index contributed by atoms with van der Waals surface area (Å²) in [7, 11) is -3.73. The molecule has 0 aromatic heterocycles. The van der Waals surface area contributed by atoms with Crippen molar-refractivity contribution in [1.29, 1.82) is 0 Å². The van der Waals surface area contributed by atoms with E-state index in [2.05, 4.69) is 12.1 Å². The quantitative estimate of drug-likeness (QED) is 0.615. The molecule has 0 aliphatic carbocycles. The van der Waals surface area contributed by atoms with Crippen molar-refractivity contribution in [3.8, 4) is 0 Å². The molecule has 148 valence electrons. The zero-order valence-corrected chi connectivity index (χ0v) is 17.2. The third kappa shape index (κ3) is 7.09. The van der Waals surface area contributed by atoms with Gasteiger partial charge in [0.1, 0.15) is 0 Å². The van der Waals surface area contributed by atoms with Crippen LogP contribution in [0.4, 0.5) is 0 Å². The van der Waals surface area contributed by atoms with Gasteiger partial charge in [-0.3, -0.25) is 4.18 Å². The first-order valence-electron chi connectivity index (χ1n) is 9.49. The lowest BCUT2D eigenvalue weighted by Crippen LogP contribution is -2.15. The minimum absolute atomic E-state index is 0.0724. The molecule has 2 rings (SSSR count). The highest BCUT2D eigenvalue weighted by atomic mass is 32.2. The Bertz CT molecular complexity index is 810. The van der Waals surface area contributed by atoms with Crippen molar-refractivity contribution in [2.24, 2.45) is 5.92 Å². The van der Waals surface area contributed by atoms with Gasteiger partial charge in [0.2, 0.25) is 0 Å². The number of hydrogen-bond donors (Lipinski definition) is 1. The molecule has 4 nitrogen and oxygen atoms in total. The van der Waals surface area contributed by atoms with Gasteiger partial charge < -0.3 is 5.11 Å². The van der Waals surface area contributed by atoms with Crippen LogP contribution in [0.3, 0.4) is 0 Å². The van der Waals surface area contributed by atoms with Crippen molar-refractivity contribution < 1.29 is 17.7 Å². The Kier molecular flexibility index (Phi) is 8.02. The zero-order chi connectivity index (χ0) is 19.9. The molecule has 27 heavy (non-hydrogen) atoms. The van der Waals surface area contributed by atoms with E-state index >= 15 is 0 Å². The normalized spacial score (nSPS) is 14.1. The van der Waals surface area contributed by atoms with Crippen molar-refractivity contribution in [2.45, 2.75) is 57.5 Å². The third-order valence-corrected chi connectivity index (χ3v) is 5.87. The van der Waals surface area contributed by atoms with Crippen LogP contribution in [-0.2, 0) is 27.1 Å². The van der Waals surface area contributed by atoms with E-state index in [0.29, 0.717) is 0 Å². The van der Waals surface area contributed by atoms with E-state index in [1.54, 1.807) is 31.2 Å². The van der Waals surface area contributed by atoms with Gasteiger partial charge in [0.05, 0.1) is 17.6 Å². The van der Waals surface area contributed by atoms with Crippen LogP contribution in [0.2, 0.25) is 0 Å². The molecule has 0 spiro atoms. The smallest absolute Gasteiger partial charge is 0.296 e. The molecule has 0 radical (unpaired) electrons. The summed E-state index contributed by atoms with van der Waals surface area (Å²) in [5, 5.41) is 9.43. The van der Waals surface area contributed by atoms with Gasteiger partial charge >= 0.3 is 0 Å². The number of rotatable bonds is 10. The standard InChI is InChI=1S/C22H30O4S/c1-17-11-13-22(14-12-17)27(24,25)26-16-18(2)15-21-9-5-4-8-20(21)10-6-7-19(3)23/h4-5,8-9,11-14,18-19,23H,6-7,10,15-16H2,1-3H3/t18-,19+/m0/s1. The molecule has 0 heterocycles. The van der Waals surface area contributed by atoms with Crippen LogP contribution < -0.4 is 0 Å². The van der Waals surface area contributed by atoms with Gasteiger partial charge in [-0.2, -0.15) is 8.42 Å². The Hall–Kier alpha value is -1.69. The fraction of sp³-hybridized carbons (Fsp3) is 0.455. The summed E-state index contributed by atoms with van der Waals surface area (Å²) in [6, 6.07) is 14.9. The average Bonchev–Trinajstić information content (AvgIpc) is 2.62. The van der Waals surface area contributed by atoms with Crippen LogP contribution in [-0.4, -0.2) is 26.2 Å². The van der Waals surface area contributed by atoms with E-state index in [9.17, 15) is 13.5 Å². The maximum Gasteiger partial charge on any atom is 0.296 e. The van der Waals surface area contributed by atoms with Crippen LogP contribution in [0.15, 0.2) is 53.4 Å². The van der Waals surface area contributed by atoms with Crippen molar-refractivity contribution in [3.05, 3.63) is 65.2 Å². The second-order valence-electron chi connectivity index (χ2n) is 7.37. The fourth-order valence-corrected chi connectivity index (χ4v) is 4.02. The molecule has 5 heteroatoms. The second-order valence-corrected chi connectivity index (χ2v) is 8.99. The molecule has 0 saturated carbocycles. The van der Waals surface area contributed by atoms with E-state index in [-0.39, 0.29) is 23.5 Å². The summed E-state index contributed by atoms with van der Waals surface area (Å²) < 4.78 is 29.9. The second kappa shape index (κ2) is 10.0. The van der Waals surface area contributed by atoms with Gasteiger partial charge in [-0.15, -0.1) is 0 Å². The van der Waals surface area contributed by atoms with Crippen LogP contribution >= 0.6 is 0 Å². The summed E-state index contributed by atoms with van der Waals surface area (Å²) in [4.78, 5) is 0.193. The van der Waals surface area contributed by atoms with Gasteiger partial charge in [0.25, 0.3) is 10.1 Å². The molecule has 0 amide bonds. The molecule has 2 aromatic rings. The number of hydrogen-bond acceptors (Lipinski definition) is 4. The molecule has 2 atom stereocenters. The van der Waals surface area contributed by atoms with Gasteiger partial charge in [0, 0.05) is 0 Å². The third-order valence-electron chi connectivity index (χ3n) is 4.57. The number of aryl methyl sites for hydroxylation is 2. The van der Waals surface area contributed by atoms with Crippen LogP contribution in [0.25, 0.3) is 0 Å². The molecule has 0 bridgehead atoms. The van der Waals surface area contributed by atoms with Crippen LogP contribution in [0.1, 0.15) is 43.4 Å². The van der Waals surface area contributed by atoms with Crippen molar-refractivity contribution in [1.82, 2.24) is 0 Å². The minimum atomic E-state index is -3.73. The first-order chi connectivity index (χ1) is 12.8. The van der Waals surface area contributed by atoms with E-state index in [1.807, 2.05) is 26.0 Å². The molecule has 0 aliphatic rings.